The molecule has 7 heteroatoms. The number of aliphatic imine (C=N–C) groups is 1. The van der Waals surface area contributed by atoms with E-state index in [0.717, 1.165) is 10.1 Å². The van der Waals surface area contributed by atoms with E-state index in [2.05, 4.69) is 18.8 Å². The summed E-state index contributed by atoms with van der Waals surface area (Å²) >= 11 is 1.61. The maximum atomic E-state index is 12.3. The number of fused-ring (bicyclic) bond motifs is 1. The molecule has 2 heterocycles. The van der Waals surface area contributed by atoms with E-state index in [4.69, 9.17) is 0 Å². The predicted molar refractivity (Wildman–Crippen MR) is 75.7 cm³/mol. The predicted octanol–water partition coefficient (Wildman–Crippen LogP) is 0.821. The van der Waals surface area contributed by atoms with Gasteiger partial charge in [-0.3, -0.25) is 14.6 Å². The third-order valence-corrected chi connectivity index (χ3v) is 4.18. The van der Waals surface area contributed by atoms with Crippen molar-refractivity contribution in [3.8, 4) is 0 Å². The van der Waals surface area contributed by atoms with E-state index < -0.39 is 6.04 Å². The Labute approximate surface area is 117 Å². The first-order valence-corrected chi connectivity index (χ1v) is 7.20. The summed E-state index contributed by atoms with van der Waals surface area (Å²) < 4.78 is 1.96. The average Bonchev–Trinajstić information content (AvgIpc) is 2.71. The SMILES string of the molecule is CC[N+]1=C(SC(C)C)N=C2C1C(=O)N(C)C(=O)N2C. The van der Waals surface area contributed by atoms with Crippen LogP contribution in [0.25, 0.3) is 0 Å². The molecule has 0 aliphatic carbocycles. The fourth-order valence-electron chi connectivity index (χ4n) is 2.20. The van der Waals surface area contributed by atoms with Crippen LogP contribution in [0.3, 0.4) is 0 Å². The maximum Gasteiger partial charge on any atom is 0.358 e. The summed E-state index contributed by atoms with van der Waals surface area (Å²) in [4.78, 5) is 31.3. The van der Waals surface area contributed by atoms with Crippen molar-refractivity contribution in [3.05, 3.63) is 0 Å². The molecule has 6 nitrogen and oxygen atoms in total. The number of rotatable bonds is 2. The van der Waals surface area contributed by atoms with Crippen LogP contribution in [0.2, 0.25) is 0 Å². The lowest BCUT2D eigenvalue weighted by atomic mass is 10.1. The summed E-state index contributed by atoms with van der Waals surface area (Å²) in [7, 11) is 3.17. The highest BCUT2D eigenvalue weighted by Crippen LogP contribution is 2.24. The maximum absolute atomic E-state index is 12.3. The Bertz CT molecular complexity index is 498. The Morgan fingerprint density at radius 2 is 1.95 bits per heavy atom. The van der Waals surface area contributed by atoms with E-state index >= 15 is 0 Å². The molecule has 0 aromatic rings. The van der Waals surface area contributed by atoms with Gasteiger partial charge < -0.3 is 0 Å². The smallest absolute Gasteiger partial charge is 0.269 e. The van der Waals surface area contributed by atoms with Crippen molar-refractivity contribution in [1.29, 1.82) is 0 Å². The highest BCUT2D eigenvalue weighted by Gasteiger charge is 2.52. The van der Waals surface area contributed by atoms with Crippen LogP contribution in [0.4, 0.5) is 4.79 Å². The van der Waals surface area contributed by atoms with Gasteiger partial charge in [0.25, 0.3) is 17.8 Å². The van der Waals surface area contributed by atoms with Gasteiger partial charge in [-0.05, 0) is 23.7 Å². The molecule has 0 N–H and O–H groups in total. The topological polar surface area (TPSA) is 56.0 Å². The van der Waals surface area contributed by atoms with Gasteiger partial charge in [0.1, 0.15) is 0 Å². The van der Waals surface area contributed by atoms with Crippen molar-refractivity contribution < 1.29 is 14.2 Å². The van der Waals surface area contributed by atoms with Crippen molar-refractivity contribution in [2.75, 3.05) is 20.6 Å². The summed E-state index contributed by atoms with van der Waals surface area (Å²) in [5.41, 5.74) is 0. The minimum atomic E-state index is -0.459. The van der Waals surface area contributed by atoms with Gasteiger partial charge in [-0.1, -0.05) is 13.8 Å². The number of likely N-dealkylation sites (N-methyl/N-ethyl adjacent to an activating group) is 3. The highest BCUT2D eigenvalue weighted by atomic mass is 32.2. The largest absolute Gasteiger partial charge is 0.358 e. The number of amidine groups is 2. The summed E-state index contributed by atoms with van der Waals surface area (Å²) in [5, 5.41) is 1.20. The molecule has 2 aliphatic rings. The number of hydrogen-bond acceptors (Lipinski definition) is 4. The van der Waals surface area contributed by atoms with Crippen LogP contribution in [0, 0.1) is 0 Å². The van der Waals surface area contributed by atoms with Crippen LogP contribution in [0.5, 0.6) is 0 Å². The van der Waals surface area contributed by atoms with Crippen LogP contribution in [0.15, 0.2) is 4.99 Å². The van der Waals surface area contributed by atoms with Crippen molar-refractivity contribution in [3.63, 3.8) is 0 Å². The van der Waals surface area contributed by atoms with Gasteiger partial charge in [0.05, 0.1) is 6.54 Å². The minimum Gasteiger partial charge on any atom is -0.269 e. The standard InChI is InChI=1S/C12H19N4O2S/c1-6-16-8-9(13-11(16)19-7(2)3)14(4)12(18)15(5)10(8)17/h7-8H,6H2,1-5H3/q+1. The molecule has 0 saturated carbocycles. The number of carbonyl (C=O) groups excluding carboxylic acids is 2. The first kappa shape index (κ1) is 14.0. The Balaban J connectivity index is 2.44. The van der Waals surface area contributed by atoms with E-state index in [9.17, 15) is 9.59 Å². The van der Waals surface area contributed by atoms with Gasteiger partial charge >= 0.3 is 11.2 Å². The van der Waals surface area contributed by atoms with Crippen molar-refractivity contribution in [1.82, 2.24) is 9.80 Å². The van der Waals surface area contributed by atoms with Gasteiger partial charge in [-0.15, -0.1) is 0 Å². The van der Waals surface area contributed by atoms with Crippen molar-refractivity contribution in [2.45, 2.75) is 32.1 Å². The molecule has 1 unspecified atom stereocenters. The van der Waals surface area contributed by atoms with Crippen LogP contribution in [-0.4, -0.2) is 69.2 Å². The third kappa shape index (κ3) is 2.16. The molecule has 0 bridgehead atoms. The second kappa shape index (κ2) is 4.96. The Morgan fingerprint density at radius 3 is 2.47 bits per heavy atom. The summed E-state index contributed by atoms with van der Waals surface area (Å²) in [6.07, 6.45) is 0. The van der Waals surface area contributed by atoms with Crippen LogP contribution < -0.4 is 0 Å². The van der Waals surface area contributed by atoms with Crippen molar-refractivity contribution in [2.24, 2.45) is 4.99 Å². The Kier molecular flexibility index (Phi) is 3.66. The quantitative estimate of drug-likeness (QED) is 0.705. The molecular weight excluding hydrogens is 264 g/mol. The van der Waals surface area contributed by atoms with Crippen LogP contribution in [0.1, 0.15) is 20.8 Å². The molecule has 2 rings (SSSR count). The Morgan fingerprint density at radius 1 is 1.32 bits per heavy atom. The van der Waals surface area contributed by atoms with E-state index in [1.807, 2.05) is 11.5 Å². The van der Waals surface area contributed by atoms with Gasteiger partial charge in [0.15, 0.2) is 0 Å². The number of imide groups is 1. The lowest BCUT2D eigenvalue weighted by Gasteiger charge is -2.30. The number of urea groups is 1. The normalized spacial score (nSPS) is 23.5. The third-order valence-electron chi connectivity index (χ3n) is 3.18. The number of amides is 3. The molecule has 0 aromatic heterocycles. The van der Waals surface area contributed by atoms with Crippen LogP contribution >= 0.6 is 11.8 Å². The minimum absolute atomic E-state index is 0.206. The van der Waals surface area contributed by atoms with E-state index in [0.29, 0.717) is 17.6 Å². The van der Waals surface area contributed by atoms with Gasteiger partial charge in [-0.25, -0.2) is 9.37 Å². The zero-order valence-corrected chi connectivity index (χ0v) is 12.7. The molecule has 1 atom stereocenters. The molecule has 2 aliphatic heterocycles. The second-order valence-electron chi connectivity index (χ2n) is 4.85. The fraction of sp³-hybridized carbons (Fsp3) is 0.667. The zero-order chi connectivity index (χ0) is 14.3. The second-order valence-corrected chi connectivity index (χ2v) is 6.39. The molecule has 0 radical (unpaired) electrons. The molecule has 3 amide bonds. The van der Waals surface area contributed by atoms with E-state index in [1.54, 1.807) is 18.8 Å². The molecule has 19 heavy (non-hydrogen) atoms. The molecule has 0 aromatic carbocycles. The molecular formula is C12H19N4O2S+. The number of carbonyl (C=O) groups is 2. The summed E-state index contributed by atoms with van der Waals surface area (Å²) in [6.45, 7) is 6.84. The van der Waals surface area contributed by atoms with Gasteiger partial charge in [-0.2, -0.15) is 0 Å². The lowest BCUT2D eigenvalue weighted by Crippen LogP contribution is -2.61. The fourth-order valence-corrected chi connectivity index (χ4v) is 3.14. The van der Waals surface area contributed by atoms with Gasteiger partial charge in [0, 0.05) is 19.3 Å². The number of hydrogen-bond donors (Lipinski definition) is 0. The molecule has 1 saturated heterocycles. The first-order chi connectivity index (χ1) is 8.88. The number of nitrogens with zero attached hydrogens (tertiary/aromatic N) is 4. The lowest BCUT2D eigenvalue weighted by molar-refractivity contribution is -0.529. The van der Waals surface area contributed by atoms with E-state index in [1.165, 1.54) is 11.9 Å². The van der Waals surface area contributed by atoms with Crippen LogP contribution in [-0.2, 0) is 4.79 Å². The zero-order valence-electron chi connectivity index (χ0n) is 11.9. The average molecular weight is 283 g/mol. The summed E-state index contributed by atoms with van der Waals surface area (Å²) in [6, 6.07) is -0.786. The first-order valence-electron chi connectivity index (χ1n) is 6.32. The highest BCUT2D eigenvalue weighted by molar-refractivity contribution is 8.14. The molecule has 0 spiro atoms. The monoisotopic (exact) mass is 283 g/mol. The molecule has 1 fully saturated rings. The van der Waals surface area contributed by atoms with Gasteiger partial charge in [0.2, 0.25) is 0 Å². The summed E-state index contributed by atoms with van der Waals surface area (Å²) in [5.74, 6) is 0.334. The number of thioether (sulfide) groups is 1. The van der Waals surface area contributed by atoms with E-state index in [-0.39, 0.29) is 11.9 Å². The van der Waals surface area contributed by atoms with Crippen molar-refractivity contribution >= 4 is 34.7 Å². The Hall–Kier alpha value is -1.37. The molecule has 104 valence electrons.